The molecule has 0 bridgehead atoms. The number of nitro groups is 1. The smallest absolute Gasteiger partial charge is 0.326 e. The van der Waals surface area contributed by atoms with E-state index in [9.17, 15) is 19.7 Å². The molecule has 0 aromatic heterocycles. The van der Waals surface area contributed by atoms with Crippen molar-refractivity contribution in [2.45, 2.75) is 38.8 Å². The fourth-order valence-corrected chi connectivity index (χ4v) is 2.07. The average molecular weight is 323 g/mol. The van der Waals surface area contributed by atoms with Gasteiger partial charge in [0, 0.05) is 12.1 Å². The minimum atomic E-state index is -1.10. The van der Waals surface area contributed by atoms with Crippen molar-refractivity contribution in [3.05, 3.63) is 39.9 Å². The third-order valence-electron chi connectivity index (χ3n) is 3.26. The average Bonchev–Trinajstić information content (AvgIpc) is 2.46. The first-order chi connectivity index (χ1) is 10.7. The van der Waals surface area contributed by atoms with Crippen molar-refractivity contribution in [1.82, 2.24) is 5.32 Å². The summed E-state index contributed by atoms with van der Waals surface area (Å²) in [5.74, 6) is -1.55. The molecule has 0 unspecified atom stereocenters. The molecule has 0 fully saturated rings. The number of aliphatic carboxylic acids is 1. The Bertz CT molecular complexity index is 571. The first-order valence-corrected chi connectivity index (χ1v) is 7.22. The van der Waals surface area contributed by atoms with E-state index < -0.39 is 28.9 Å². The number of rotatable bonds is 8. The third kappa shape index (κ3) is 6.03. The normalized spacial score (nSPS) is 13.4. The Labute approximate surface area is 133 Å². The van der Waals surface area contributed by atoms with E-state index in [1.165, 1.54) is 24.3 Å². The van der Waals surface area contributed by atoms with Gasteiger partial charge in [-0.15, -0.1) is 0 Å². The highest BCUT2D eigenvalue weighted by Crippen LogP contribution is 2.13. The lowest BCUT2D eigenvalue weighted by molar-refractivity contribution is -0.384. The Hall–Kier alpha value is -2.48. The number of amides is 1. The fraction of sp³-hybridized carbons (Fsp3) is 0.467. The molecular weight excluding hydrogens is 302 g/mol. The Morgan fingerprint density at radius 1 is 1.30 bits per heavy atom. The SMILES string of the molecule is CC(C)C[C@H](NC(=O)[C@@H](N)Cc1ccc([N+](=O)[O-])cc1)C(=O)O. The van der Waals surface area contributed by atoms with Crippen molar-refractivity contribution < 1.29 is 19.6 Å². The number of carbonyl (C=O) groups excluding carboxylic acids is 1. The van der Waals surface area contributed by atoms with Crippen molar-refractivity contribution in [2.75, 3.05) is 0 Å². The fourth-order valence-electron chi connectivity index (χ4n) is 2.07. The van der Waals surface area contributed by atoms with Crippen molar-refractivity contribution in [1.29, 1.82) is 0 Å². The maximum absolute atomic E-state index is 12.0. The zero-order chi connectivity index (χ0) is 17.6. The van der Waals surface area contributed by atoms with Gasteiger partial charge in [0.2, 0.25) is 5.91 Å². The van der Waals surface area contributed by atoms with E-state index in [0.717, 1.165) is 0 Å². The van der Waals surface area contributed by atoms with Gasteiger partial charge in [-0.25, -0.2) is 4.79 Å². The first kappa shape index (κ1) is 18.6. The van der Waals surface area contributed by atoms with Crippen LogP contribution in [0.4, 0.5) is 5.69 Å². The van der Waals surface area contributed by atoms with Crippen LogP contribution in [0.2, 0.25) is 0 Å². The molecule has 0 heterocycles. The van der Waals surface area contributed by atoms with Gasteiger partial charge in [0.25, 0.3) is 5.69 Å². The van der Waals surface area contributed by atoms with E-state index in [1.54, 1.807) is 0 Å². The number of carboxylic acid groups (broad SMARTS) is 1. The highest BCUT2D eigenvalue weighted by molar-refractivity contribution is 5.86. The van der Waals surface area contributed by atoms with Crippen LogP contribution in [-0.2, 0) is 16.0 Å². The van der Waals surface area contributed by atoms with E-state index >= 15 is 0 Å². The second-order valence-electron chi connectivity index (χ2n) is 5.76. The molecule has 0 aliphatic heterocycles. The largest absolute Gasteiger partial charge is 0.480 e. The quantitative estimate of drug-likeness (QED) is 0.484. The van der Waals surface area contributed by atoms with Crippen molar-refractivity contribution in [3.63, 3.8) is 0 Å². The Kier molecular flexibility index (Phi) is 6.65. The van der Waals surface area contributed by atoms with Crippen LogP contribution in [0.1, 0.15) is 25.8 Å². The summed E-state index contributed by atoms with van der Waals surface area (Å²) in [6, 6.07) is 3.80. The number of hydrogen-bond acceptors (Lipinski definition) is 5. The van der Waals surface area contributed by atoms with Gasteiger partial charge in [-0.3, -0.25) is 14.9 Å². The molecule has 0 spiro atoms. The van der Waals surface area contributed by atoms with Crippen molar-refractivity contribution >= 4 is 17.6 Å². The number of non-ortho nitro benzene ring substituents is 1. The summed E-state index contributed by atoms with van der Waals surface area (Å²) in [7, 11) is 0. The molecular formula is C15H21N3O5. The minimum absolute atomic E-state index is 0.0466. The van der Waals surface area contributed by atoms with E-state index in [2.05, 4.69) is 5.32 Å². The molecule has 1 aromatic rings. The molecule has 8 heteroatoms. The number of carboxylic acids is 1. The Morgan fingerprint density at radius 3 is 2.30 bits per heavy atom. The van der Waals surface area contributed by atoms with Gasteiger partial charge in [0.1, 0.15) is 6.04 Å². The first-order valence-electron chi connectivity index (χ1n) is 7.22. The summed E-state index contributed by atoms with van der Waals surface area (Å²) >= 11 is 0. The maximum atomic E-state index is 12.0. The second-order valence-corrected chi connectivity index (χ2v) is 5.76. The van der Waals surface area contributed by atoms with Crippen LogP contribution < -0.4 is 11.1 Å². The summed E-state index contributed by atoms with van der Waals surface area (Å²) < 4.78 is 0. The van der Waals surface area contributed by atoms with Crippen LogP contribution in [0.5, 0.6) is 0 Å². The molecule has 0 saturated heterocycles. The minimum Gasteiger partial charge on any atom is -0.480 e. The second kappa shape index (κ2) is 8.23. The number of benzene rings is 1. The van der Waals surface area contributed by atoms with Crippen LogP contribution in [0.15, 0.2) is 24.3 Å². The molecule has 8 nitrogen and oxygen atoms in total. The van der Waals surface area contributed by atoms with E-state index in [1.807, 2.05) is 13.8 Å². The lowest BCUT2D eigenvalue weighted by Gasteiger charge is -2.19. The molecule has 1 rings (SSSR count). The molecule has 23 heavy (non-hydrogen) atoms. The van der Waals surface area contributed by atoms with Gasteiger partial charge in [0.05, 0.1) is 11.0 Å². The van der Waals surface area contributed by atoms with Crippen LogP contribution in [0, 0.1) is 16.0 Å². The summed E-state index contributed by atoms with van der Waals surface area (Å²) in [6.07, 6.45) is 0.475. The van der Waals surface area contributed by atoms with Crippen LogP contribution in [0.25, 0.3) is 0 Å². The molecule has 1 amide bonds. The number of nitrogens with one attached hydrogen (secondary N) is 1. The van der Waals surface area contributed by atoms with E-state index in [4.69, 9.17) is 10.8 Å². The van der Waals surface area contributed by atoms with Gasteiger partial charge in [-0.05, 0) is 24.3 Å². The van der Waals surface area contributed by atoms with E-state index in [-0.39, 0.29) is 18.0 Å². The molecule has 126 valence electrons. The van der Waals surface area contributed by atoms with Crippen molar-refractivity contribution in [3.8, 4) is 0 Å². The van der Waals surface area contributed by atoms with Crippen LogP contribution >= 0.6 is 0 Å². The topological polar surface area (TPSA) is 136 Å². The lowest BCUT2D eigenvalue weighted by Crippen LogP contribution is -2.49. The summed E-state index contributed by atoms with van der Waals surface area (Å²) in [5.41, 5.74) is 6.40. The summed E-state index contributed by atoms with van der Waals surface area (Å²) in [4.78, 5) is 33.2. The number of carbonyl (C=O) groups is 2. The van der Waals surface area contributed by atoms with Crippen molar-refractivity contribution in [2.24, 2.45) is 11.7 Å². The molecule has 4 N–H and O–H groups in total. The Morgan fingerprint density at radius 2 is 1.87 bits per heavy atom. The number of hydrogen-bond donors (Lipinski definition) is 3. The van der Waals surface area contributed by atoms with Gasteiger partial charge in [-0.1, -0.05) is 26.0 Å². The zero-order valence-electron chi connectivity index (χ0n) is 13.1. The predicted molar refractivity (Wildman–Crippen MR) is 83.8 cm³/mol. The van der Waals surface area contributed by atoms with E-state index in [0.29, 0.717) is 12.0 Å². The van der Waals surface area contributed by atoms with Gasteiger partial charge >= 0.3 is 5.97 Å². The van der Waals surface area contributed by atoms with Gasteiger partial charge in [-0.2, -0.15) is 0 Å². The maximum Gasteiger partial charge on any atom is 0.326 e. The Balaban J connectivity index is 2.65. The van der Waals surface area contributed by atoms with Crippen LogP contribution in [0.3, 0.4) is 0 Å². The molecule has 0 aliphatic carbocycles. The number of nitrogens with zero attached hydrogens (tertiary/aromatic N) is 1. The lowest BCUT2D eigenvalue weighted by atomic mass is 10.0. The number of nitrogens with two attached hydrogens (primary N) is 1. The highest BCUT2D eigenvalue weighted by atomic mass is 16.6. The summed E-state index contributed by atoms with van der Waals surface area (Å²) in [5, 5.41) is 22.1. The predicted octanol–water partition coefficient (Wildman–Crippen LogP) is 1.08. The van der Waals surface area contributed by atoms with Gasteiger partial charge in [0.15, 0.2) is 0 Å². The zero-order valence-corrected chi connectivity index (χ0v) is 13.1. The molecule has 0 radical (unpaired) electrons. The monoisotopic (exact) mass is 323 g/mol. The van der Waals surface area contributed by atoms with Crippen LogP contribution in [-0.4, -0.2) is 34.0 Å². The highest BCUT2D eigenvalue weighted by Gasteiger charge is 2.24. The summed E-state index contributed by atoms with van der Waals surface area (Å²) in [6.45, 7) is 3.72. The number of nitro benzene ring substituents is 1. The molecule has 0 saturated carbocycles. The molecule has 1 aromatic carbocycles. The standard InChI is InChI=1S/C15H21N3O5/c1-9(2)7-13(15(20)21)17-14(19)12(16)8-10-3-5-11(6-4-10)18(22)23/h3-6,9,12-13H,7-8,16H2,1-2H3,(H,17,19)(H,20,21)/t12-,13-/m0/s1. The molecule has 0 aliphatic rings. The van der Waals surface area contributed by atoms with Gasteiger partial charge < -0.3 is 16.2 Å². The third-order valence-corrected chi connectivity index (χ3v) is 3.26. The molecule has 2 atom stereocenters.